The minimum atomic E-state index is -0.672. The second-order valence-electron chi connectivity index (χ2n) is 7.95. The topological polar surface area (TPSA) is 69.8 Å². The van der Waals surface area contributed by atoms with Crippen LogP contribution in [-0.2, 0) is 0 Å². The van der Waals surface area contributed by atoms with Gasteiger partial charge in [-0.3, -0.25) is 19.9 Å². The second-order valence-corrected chi connectivity index (χ2v) is 7.95. The lowest BCUT2D eigenvalue weighted by molar-refractivity contribution is -0.385. The van der Waals surface area contributed by atoms with Gasteiger partial charge >= 0.3 is 0 Å². The predicted octanol–water partition coefficient (Wildman–Crippen LogP) is 2.43. The molecule has 6 heteroatoms. The molecule has 3 aliphatic rings. The van der Waals surface area contributed by atoms with Gasteiger partial charge in [0.05, 0.1) is 11.0 Å². The van der Waals surface area contributed by atoms with Crippen LogP contribution in [0.25, 0.3) is 0 Å². The Hall–Kier alpha value is -1.50. The minimum absolute atomic E-state index is 0.0395. The molecule has 1 aromatic rings. The first kappa shape index (κ1) is 16.9. The van der Waals surface area contributed by atoms with E-state index in [2.05, 4.69) is 9.80 Å². The molecule has 3 fully saturated rings. The summed E-state index contributed by atoms with van der Waals surface area (Å²) in [6.45, 7) is 4.65. The highest BCUT2D eigenvalue weighted by Gasteiger charge is 2.42. The molecular formula is C19H27N3O3. The molecule has 4 unspecified atom stereocenters. The molecule has 0 amide bonds. The molecule has 6 nitrogen and oxygen atoms in total. The molecule has 4 atom stereocenters. The molecule has 2 bridgehead atoms. The number of benzene rings is 1. The summed E-state index contributed by atoms with van der Waals surface area (Å²) in [5, 5.41) is 21.4. The van der Waals surface area contributed by atoms with E-state index in [1.54, 1.807) is 12.1 Å². The molecule has 1 heterocycles. The van der Waals surface area contributed by atoms with Crippen LogP contribution in [0.1, 0.15) is 37.4 Å². The van der Waals surface area contributed by atoms with E-state index in [0.29, 0.717) is 12.1 Å². The highest BCUT2D eigenvalue weighted by atomic mass is 16.6. The van der Waals surface area contributed by atoms with Gasteiger partial charge in [0.1, 0.15) is 0 Å². The Morgan fingerprint density at radius 1 is 1.20 bits per heavy atom. The van der Waals surface area contributed by atoms with E-state index in [-0.39, 0.29) is 5.69 Å². The normalized spacial score (nSPS) is 31.3. The Morgan fingerprint density at radius 2 is 2.00 bits per heavy atom. The van der Waals surface area contributed by atoms with Crippen molar-refractivity contribution in [3.63, 3.8) is 0 Å². The lowest BCUT2D eigenvalue weighted by atomic mass is 9.93. The summed E-state index contributed by atoms with van der Waals surface area (Å²) in [7, 11) is 0. The van der Waals surface area contributed by atoms with Gasteiger partial charge in [-0.25, -0.2) is 0 Å². The number of hydrogen-bond acceptors (Lipinski definition) is 5. The molecule has 1 N–H and O–H groups in total. The fourth-order valence-electron chi connectivity index (χ4n) is 5.13. The molecular weight excluding hydrogens is 318 g/mol. The summed E-state index contributed by atoms with van der Waals surface area (Å²) in [5.41, 5.74) is 0.669. The standard InChI is InChI=1S/C19H27N3O3/c23-19(16-2-1-3-17(12-16)22(24)25)13-20-6-8-21(9-7-20)18-11-14-4-5-15(18)10-14/h1-3,12,14-15,18-19,23H,4-11,13H2. The van der Waals surface area contributed by atoms with Crippen LogP contribution in [0.3, 0.4) is 0 Å². The van der Waals surface area contributed by atoms with Crippen LogP contribution in [0.2, 0.25) is 0 Å². The highest BCUT2D eigenvalue weighted by Crippen LogP contribution is 2.46. The SMILES string of the molecule is O=[N+]([O-])c1cccc(C(O)CN2CCN(C3CC4CCC3C4)CC2)c1. The molecule has 136 valence electrons. The number of aliphatic hydroxyl groups excluding tert-OH is 1. The van der Waals surface area contributed by atoms with Crippen molar-refractivity contribution in [2.24, 2.45) is 11.8 Å². The number of hydrogen-bond donors (Lipinski definition) is 1. The number of piperazine rings is 1. The van der Waals surface area contributed by atoms with Crippen molar-refractivity contribution in [1.29, 1.82) is 0 Å². The molecule has 1 aliphatic heterocycles. The Bertz CT molecular complexity index is 630. The average Bonchev–Trinajstić information content (AvgIpc) is 3.26. The summed E-state index contributed by atoms with van der Waals surface area (Å²) in [6.07, 6.45) is 5.02. The number of non-ortho nitro benzene ring substituents is 1. The zero-order valence-corrected chi connectivity index (χ0v) is 14.6. The quantitative estimate of drug-likeness (QED) is 0.656. The van der Waals surface area contributed by atoms with Crippen LogP contribution in [0, 0.1) is 22.0 Å². The van der Waals surface area contributed by atoms with E-state index in [9.17, 15) is 15.2 Å². The molecule has 0 radical (unpaired) electrons. The third-order valence-electron chi connectivity index (χ3n) is 6.47. The smallest absolute Gasteiger partial charge is 0.269 e. The predicted molar refractivity (Wildman–Crippen MR) is 95.3 cm³/mol. The van der Waals surface area contributed by atoms with Gasteiger partial charge in [0.2, 0.25) is 0 Å². The number of β-amino-alcohol motifs (C(OH)–C–C–N with tert-alkyl or cyclic N) is 1. The van der Waals surface area contributed by atoms with Crippen LogP contribution in [0.4, 0.5) is 5.69 Å². The summed E-state index contributed by atoms with van der Waals surface area (Å²) >= 11 is 0. The van der Waals surface area contributed by atoms with Crippen molar-refractivity contribution in [2.75, 3.05) is 32.7 Å². The molecule has 2 saturated carbocycles. The van der Waals surface area contributed by atoms with Crippen molar-refractivity contribution in [2.45, 2.75) is 37.8 Å². The van der Waals surface area contributed by atoms with Gasteiger partial charge in [-0.05, 0) is 36.7 Å². The fraction of sp³-hybridized carbons (Fsp3) is 0.684. The van der Waals surface area contributed by atoms with Gasteiger partial charge in [0.15, 0.2) is 0 Å². The first-order valence-corrected chi connectivity index (χ1v) is 9.49. The fourth-order valence-corrected chi connectivity index (χ4v) is 5.13. The first-order chi connectivity index (χ1) is 12.1. The van der Waals surface area contributed by atoms with Crippen LogP contribution < -0.4 is 0 Å². The van der Waals surface area contributed by atoms with Crippen LogP contribution in [0.5, 0.6) is 0 Å². The Morgan fingerprint density at radius 3 is 2.64 bits per heavy atom. The van der Waals surface area contributed by atoms with Crippen LogP contribution >= 0.6 is 0 Å². The number of fused-ring (bicyclic) bond motifs is 2. The number of nitrogens with zero attached hydrogens (tertiary/aromatic N) is 3. The van der Waals surface area contributed by atoms with Gasteiger partial charge in [0.25, 0.3) is 5.69 Å². The number of rotatable bonds is 5. The van der Waals surface area contributed by atoms with Crippen molar-refractivity contribution >= 4 is 5.69 Å². The summed E-state index contributed by atoms with van der Waals surface area (Å²) in [6, 6.07) is 7.15. The first-order valence-electron chi connectivity index (χ1n) is 9.49. The molecule has 2 aliphatic carbocycles. The average molecular weight is 345 g/mol. The van der Waals surface area contributed by atoms with E-state index < -0.39 is 11.0 Å². The molecule has 25 heavy (non-hydrogen) atoms. The maximum atomic E-state index is 10.9. The maximum Gasteiger partial charge on any atom is 0.269 e. The van der Waals surface area contributed by atoms with Gasteiger partial charge < -0.3 is 5.11 Å². The molecule has 0 aromatic heterocycles. The zero-order chi connectivity index (χ0) is 17.4. The number of aliphatic hydroxyl groups is 1. The molecule has 1 aromatic carbocycles. The molecule has 0 spiro atoms. The number of nitro benzene ring substituents is 1. The summed E-state index contributed by atoms with van der Waals surface area (Å²) < 4.78 is 0. The monoisotopic (exact) mass is 345 g/mol. The van der Waals surface area contributed by atoms with Crippen molar-refractivity contribution < 1.29 is 10.0 Å². The lowest BCUT2D eigenvalue weighted by Crippen LogP contribution is -2.52. The highest BCUT2D eigenvalue weighted by molar-refractivity contribution is 5.35. The van der Waals surface area contributed by atoms with Gasteiger partial charge in [0, 0.05) is 50.9 Å². The third-order valence-corrected chi connectivity index (χ3v) is 6.47. The Labute approximate surface area is 148 Å². The van der Waals surface area contributed by atoms with E-state index in [1.807, 2.05) is 0 Å². The second kappa shape index (κ2) is 7.02. The Kier molecular flexibility index (Phi) is 4.75. The van der Waals surface area contributed by atoms with Gasteiger partial charge in [-0.15, -0.1) is 0 Å². The minimum Gasteiger partial charge on any atom is -0.387 e. The maximum absolute atomic E-state index is 10.9. The van der Waals surface area contributed by atoms with Gasteiger partial charge in [-0.2, -0.15) is 0 Å². The van der Waals surface area contributed by atoms with Crippen LogP contribution in [-0.4, -0.2) is 58.6 Å². The molecule has 1 saturated heterocycles. The third kappa shape index (κ3) is 3.57. The summed E-state index contributed by atoms with van der Waals surface area (Å²) in [5.74, 6) is 1.90. The van der Waals surface area contributed by atoms with E-state index in [0.717, 1.165) is 44.1 Å². The lowest BCUT2D eigenvalue weighted by Gasteiger charge is -2.41. The zero-order valence-electron chi connectivity index (χ0n) is 14.6. The van der Waals surface area contributed by atoms with Gasteiger partial charge in [-0.1, -0.05) is 18.6 Å². The Balaban J connectivity index is 1.29. The van der Waals surface area contributed by atoms with E-state index in [4.69, 9.17) is 0 Å². The van der Waals surface area contributed by atoms with E-state index in [1.165, 1.54) is 37.8 Å². The largest absolute Gasteiger partial charge is 0.387 e. The summed E-state index contributed by atoms with van der Waals surface area (Å²) in [4.78, 5) is 15.4. The van der Waals surface area contributed by atoms with Crippen molar-refractivity contribution in [3.8, 4) is 0 Å². The van der Waals surface area contributed by atoms with Crippen LogP contribution in [0.15, 0.2) is 24.3 Å². The van der Waals surface area contributed by atoms with E-state index >= 15 is 0 Å². The van der Waals surface area contributed by atoms with Crippen molar-refractivity contribution in [1.82, 2.24) is 9.80 Å². The molecule has 4 rings (SSSR count). The number of nitro groups is 1. The van der Waals surface area contributed by atoms with Crippen molar-refractivity contribution in [3.05, 3.63) is 39.9 Å².